The highest BCUT2D eigenvalue weighted by molar-refractivity contribution is 5.80. The largest absolute Gasteiger partial charge is 0.441 e. The van der Waals surface area contributed by atoms with E-state index < -0.39 is 0 Å². The van der Waals surface area contributed by atoms with Crippen LogP contribution in [0.4, 0.5) is 4.79 Å². The van der Waals surface area contributed by atoms with E-state index in [0.717, 1.165) is 35.1 Å². The minimum Gasteiger partial charge on any atom is -0.441 e. The first-order chi connectivity index (χ1) is 14.6. The number of hydrogen-bond acceptors (Lipinski definition) is 6. The van der Waals surface area contributed by atoms with Crippen LogP contribution in [0.1, 0.15) is 44.4 Å². The van der Waals surface area contributed by atoms with Crippen LogP contribution >= 0.6 is 0 Å². The molecule has 8 nitrogen and oxygen atoms in total. The molecule has 1 aliphatic rings. The summed E-state index contributed by atoms with van der Waals surface area (Å²) in [6.45, 7) is 8.33. The van der Waals surface area contributed by atoms with Gasteiger partial charge in [0.15, 0.2) is 0 Å². The maximum absolute atomic E-state index is 12.3. The first-order valence-electron chi connectivity index (χ1n) is 10.6. The standard InChI is InChI=1S/C22H28N4O4/c1-4-15(3)19-16(5-2)20(29-14-30-22(27)25-10-12-28-13-11-25)26-18-9-7-6-8-17(18)23-21(26)24-19/h6-9,15H,4-5,10-14H2,1-3H3. The molecule has 8 heteroatoms. The first kappa shape index (κ1) is 20.4. The lowest BCUT2D eigenvalue weighted by molar-refractivity contribution is 0.0000382. The van der Waals surface area contributed by atoms with Crippen LogP contribution in [0.2, 0.25) is 0 Å². The van der Waals surface area contributed by atoms with Gasteiger partial charge in [0.2, 0.25) is 18.5 Å². The molecule has 1 unspecified atom stereocenters. The summed E-state index contributed by atoms with van der Waals surface area (Å²) in [5.41, 5.74) is 3.77. The molecule has 0 radical (unpaired) electrons. The number of hydrogen-bond donors (Lipinski definition) is 0. The summed E-state index contributed by atoms with van der Waals surface area (Å²) in [5.74, 6) is 1.50. The third kappa shape index (κ3) is 3.79. The summed E-state index contributed by atoms with van der Waals surface area (Å²) in [4.78, 5) is 23.5. The molecule has 1 aromatic carbocycles. The number of fused-ring (bicyclic) bond motifs is 3. The maximum atomic E-state index is 12.3. The van der Waals surface area contributed by atoms with Crippen molar-refractivity contribution in [1.82, 2.24) is 19.3 Å². The summed E-state index contributed by atoms with van der Waals surface area (Å²) in [5, 5.41) is 0. The van der Waals surface area contributed by atoms with Crippen molar-refractivity contribution in [3.63, 3.8) is 0 Å². The Morgan fingerprint density at radius 2 is 1.97 bits per heavy atom. The van der Waals surface area contributed by atoms with E-state index >= 15 is 0 Å². The number of ether oxygens (including phenoxy) is 3. The molecular weight excluding hydrogens is 384 g/mol. The SMILES string of the molecule is CCc1c(C(C)CC)nc2nc3ccccc3n2c1OCOC(=O)N1CCOCC1. The van der Waals surface area contributed by atoms with Crippen LogP contribution in [0.3, 0.4) is 0 Å². The quantitative estimate of drug-likeness (QED) is 0.574. The predicted octanol–water partition coefficient (Wildman–Crippen LogP) is 3.76. The van der Waals surface area contributed by atoms with E-state index in [1.165, 1.54) is 0 Å². The molecule has 160 valence electrons. The van der Waals surface area contributed by atoms with Crippen molar-refractivity contribution in [1.29, 1.82) is 0 Å². The zero-order chi connectivity index (χ0) is 21.1. The molecule has 0 saturated carbocycles. The van der Waals surface area contributed by atoms with E-state index in [2.05, 4.69) is 25.8 Å². The summed E-state index contributed by atoms with van der Waals surface area (Å²) >= 11 is 0. The van der Waals surface area contributed by atoms with Gasteiger partial charge in [-0.3, -0.25) is 0 Å². The molecule has 3 aromatic rings. The third-order valence-corrected chi connectivity index (χ3v) is 5.61. The van der Waals surface area contributed by atoms with Gasteiger partial charge in [0.05, 0.1) is 29.9 Å². The van der Waals surface area contributed by atoms with Crippen molar-refractivity contribution in [2.24, 2.45) is 0 Å². The Morgan fingerprint density at radius 1 is 1.20 bits per heavy atom. The van der Waals surface area contributed by atoms with Gasteiger partial charge in [0, 0.05) is 18.7 Å². The molecule has 4 rings (SSSR count). The topological polar surface area (TPSA) is 78.2 Å². The molecule has 1 atom stereocenters. The van der Waals surface area contributed by atoms with E-state index in [0.29, 0.717) is 38.0 Å². The van der Waals surface area contributed by atoms with Gasteiger partial charge >= 0.3 is 6.09 Å². The number of nitrogens with zero attached hydrogens (tertiary/aromatic N) is 4. The predicted molar refractivity (Wildman–Crippen MR) is 113 cm³/mol. The lowest BCUT2D eigenvalue weighted by atomic mass is 9.99. The van der Waals surface area contributed by atoms with Gasteiger partial charge in [-0.2, -0.15) is 0 Å². The molecule has 1 aliphatic heterocycles. The Bertz CT molecular complexity index is 1040. The molecule has 1 saturated heterocycles. The number of carbonyl (C=O) groups is 1. The number of imidazole rings is 1. The van der Waals surface area contributed by atoms with E-state index in [1.54, 1.807) is 4.90 Å². The molecule has 2 aromatic heterocycles. The van der Waals surface area contributed by atoms with Crippen molar-refractivity contribution in [2.45, 2.75) is 39.5 Å². The van der Waals surface area contributed by atoms with Crippen LogP contribution in [0.25, 0.3) is 16.8 Å². The Morgan fingerprint density at radius 3 is 2.70 bits per heavy atom. The van der Waals surface area contributed by atoms with Gasteiger partial charge in [-0.1, -0.05) is 32.9 Å². The Balaban J connectivity index is 1.69. The second-order valence-corrected chi connectivity index (χ2v) is 7.45. The van der Waals surface area contributed by atoms with Gasteiger partial charge in [-0.15, -0.1) is 0 Å². The number of morpholine rings is 1. The summed E-state index contributed by atoms with van der Waals surface area (Å²) in [6, 6.07) is 7.87. The van der Waals surface area contributed by atoms with E-state index in [4.69, 9.17) is 19.2 Å². The van der Waals surface area contributed by atoms with Gasteiger partial charge < -0.3 is 19.1 Å². The molecule has 0 bridgehead atoms. The fourth-order valence-corrected chi connectivity index (χ4v) is 3.77. The molecule has 0 aliphatic carbocycles. The van der Waals surface area contributed by atoms with Crippen LogP contribution < -0.4 is 4.74 Å². The van der Waals surface area contributed by atoms with Crippen molar-refractivity contribution < 1.29 is 19.0 Å². The average molecular weight is 412 g/mol. The minimum atomic E-state index is -0.390. The lowest BCUT2D eigenvalue weighted by Gasteiger charge is -2.26. The zero-order valence-corrected chi connectivity index (χ0v) is 17.8. The summed E-state index contributed by atoms with van der Waals surface area (Å²) < 4.78 is 18.7. The molecular formula is C22H28N4O4. The minimum absolute atomic E-state index is 0.172. The number of carbonyl (C=O) groups excluding carboxylic acids is 1. The van der Waals surface area contributed by atoms with Crippen molar-refractivity contribution in [3.05, 3.63) is 35.5 Å². The van der Waals surface area contributed by atoms with Crippen LogP contribution in [0, 0.1) is 0 Å². The number of aromatic nitrogens is 3. The van der Waals surface area contributed by atoms with E-state index in [9.17, 15) is 4.79 Å². The zero-order valence-electron chi connectivity index (χ0n) is 17.8. The van der Waals surface area contributed by atoms with Crippen LogP contribution in [-0.4, -0.2) is 58.5 Å². The second-order valence-electron chi connectivity index (χ2n) is 7.45. The Labute approximate surface area is 175 Å². The summed E-state index contributed by atoms with van der Waals surface area (Å²) in [6.07, 6.45) is 1.32. The normalized spacial score (nSPS) is 15.5. The van der Waals surface area contributed by atoms with E-state index in [-0.39, 0.29) is 18.8 Å². The number of para-hydroxylation sites is 2. The van der Waals surface area contributed by atoms with Gasteiger partial charge in [0.25, 0.3) is 0 Å². The lowest BCUT2D eigenvalue weighted by Crippen LogP contribution is -2.41. The number of benzene rings is 1. The van der Waals surface area contributed by atoms with Gasteiger partial charge in [-0.05, 0) is 30.9 Å². The molecule has 1 fully saturated rings. The monoisotopic (exact) mass is 412 g/mol. The number of rotatable bonds is 6. The van der Waals surface area contributed by atoms with Crippen molar-refractivity contribution in [3.8, 4) is 5.88 Å². The Hall–Kier alpha value is -2.87. The Kier molecular flexibility index (Phi) is 6.03. The molecule has 0 spiro atoms. The highest BCUT2D eigenvalue weighted by Crippen LogP contribution is 2.32. The van der Waals surface area contributed by atoms with Gasteiger partial charge in [-0.25, -0.2) is 19.2 Å². The fraction of sp³-hybridized carbons (Fsp3) is 0.500. The molecule has 30 heavy (non-hydrogen) atoms. The fourth-order valence-electron chi connectivity index (χ4n) is 3.77. The van der Waals surface area contributed by atoms with Crippen LogP contribution in [0.5, 0.6) is 5.88 Å². The highest BCUT2D eigenvalue weighted by Gasteiger charge is 2.23. The number of amides is 1. The van der Waals surface area contributed by atoms with Crippen molar-refractivity contribution >= 4 is 22.9 Å². The second kappa shape index (κ2) is 8.87. The van der Waals surface area contributed by atoms with Gasteiger partial charge in [0.1, 0.15) is 0 Å². The molecule has 0 N–H and O–H groups in total. The smallest absolute Gasteiger partial charge is 0.412 e. The molecule has 1 amide bonds. The van der Waals surface area contributed by atoms with Crippen LogP contribution in [0.15, 0.2) is 24.3 Å². The maximum Gasteiger partial charge on any atom is 0.412 e. The first-order valence-corrected chi connectivity index (χ1v) is 10.6. The van der Waals surface area contributed by atoms with E-state index in [1.807, 2.05) is 28.7 Å². The van der Waals surface area contributed by atoms with Crippen LogP contribution in [-0.2, 0) is 15.9 Å². The summed E-state index contributed by atoms with van der Waals surface area (Å²) in [7, 11) is 0. The van der Waals surface area contributed by atoms with Crippen molar-refractivity contribution in [2.75, 3.05) is 33.1 Å². The third-order valence-electron chi connectivity index (χ3n) is 5.61. The highest BCUT2D eigenvalue weighted by atomic mass is 16.7. The molecule has 3 heterocycles. The average Bonchev–Trinajstić information content (AvgIpc) is 3.17.